The zero-order valence-electron chi connectivity index (χ0n) is 7.00. The van der Waals surface area contributed by atoms with Crippen molar-refractivity contribution in [1.82, 2.24) is 0 Å². The summed E-state index contributed by atoms with van der Waals surface area (Å²) in [5.41, 5.74) is 0. The Morgan fingerprint density at radius 3 is 2.57 bits per heavy atom. The molecule has 74 valence electrons. The second-order valence-corrected chi connectivity index (χ2v) is 5.26. The minimum Gasteiger partial charge on any atom is -0.223 e. The van der Waals surface area contributed by atoms with Gasteiger partial charge in [-0.25, -0.2) is 8.42 Å². The van der Waals surface area contributed by atoms with Crippen LogP contribution in [0.2, 0.25) is 10.0 Å². The first kappa shape index (κ1) is 11.4. The molecule has 0 radical (unpaired) electrons. The topological polar surface area (TPSA) is 34.1 Å². The van der Waals surface area contributed by atoms with E-state index in [4.69, 9.17) is 29.6 Å². The van der Waals surface area contributed by atoms with Crippen molar-refractivity contribution in [2.45, 2.75) is 4.90 Å². The molecule has 0 atom stereocenters. The van der Waals surface area contributed by atoms with Crippen LogP contribution in [0, 0.1) is 12.3 Å². The zero-order valence-corrected chi connectivity index (χ0v) is 9.33. The largest absolute Gasteiger partial charge is 0.223 e. The molecule has 1 aromatic carbocycles. The van der Waals surface area contributed by atoms with Gasteiger partial charge in [-0.2, -0.15) is 0 Å². The maximum absolute atomic E-state index is 11.5. The number of benzene rings is 1. The van der Waals surface area contributed by atoms with Gasteiger partial charge in [0.2, 0.25) is 0 Å². The molecule has 0 unspecified atom stereocenters. The van der Waals surface area contributed by atoms with E-state index < -0.39 is 9.84 Å². The fraction of sp³-hybridized carbons (Fsp3) is 0.111. The smallest absolute Gasteiger partial charge is 0.191 e. The number of halogens is 2. The third kappa shape index (κ3) is 2.21. The van der Waals surface area contributed by atoms with Crippen LogP contribution in [0.15, 0.2) is 23.1 Å². The Bertz CT molecular complexity index is 486. The first-order valence-electron chi connectivity index (χ1n) is 3.59. The first-order valence-corrected chi connectivity index (χ1v) is 6.00. The zero-order chi connectivity index (χ0) is 10.8. The molecule has 0 amide bonds. The predicted octanol–water partition coefficient (Wildman–Crippen LogP) is 2.40. The van der Waals surface area contributed by atoms with Crippen molar-refractivity contribution in [1.29, 1.82) is 0 Å². The lowest BCUT2D eigenvalue weighted by Gasteiger charge is -2.04. The second-order valence-electron chi connectivity index (χ2n) is 2.52. The Morgan fingerprint density at radius 1 is 1.36 bits per heavy atom. The van der Waals surface area contributed by atoms with Gasteiger partial charge in [0.25, 0.3) is 0 Å². The second kappa shape index (κ2) is 4.22. The summed E-state index contributed by atoms with van der Waals surface area (Å²) in [6.45, 7) is 0. The summed E-state index contributed by atoms with van der Waals surface area (Å²) in [7, 11) is -3.52. The molecule has 2 nitrogen and oxygen atoms in total. The molecule has 0 saturated heterocycles. The summed E-state index contributed by atoms with van der Waals surface area (Å²) in [4.78, 5) is -0.0235. The van der Waals surface area contributed by atoms with E-state index in [1.165, 1.54) is 18.2 Å². The molecular formula is C9H6Cl2O2S. The molecule has 0 aliphatic rings. The van der Waals surface area contributed by atoms with Gasteiger partial charge in [-0.15, -0.1) is 6.42 Å². The number of hydrogen-bond acceptors (Lipinski definition) is 2. The van der Waals surface area contributed by atoms with E-state index in [0.29, 0.717) is 0 Å². The predicted molar refractivity (Wildman–Crippen MR) is 57.3 cm³/mol. The molecule has 0 spiro atoms. The van der Waals surface area contributed by atoms with Gasteiger partial charge in [0, 0.05) is 0 Å². The summed E-state index contributed by atoms with van der Waals surface area (Å²) in [5.74, 6) is 1.68. The van der Waals surface area contributed by atoms with Crippen LogP contribution in [0.3, 0.4) is 0 Å². The third-order valence-electron chi connectivity index (χ3n) is 1.52. The van der Waals surface area contributed by atoms with E-state index in [1.807, 2.05) is 0 Å². The highest BCUT2D eigenvalue weighted by molar-refractivity contribution is 7.91. The lowest BCUT2D eigenvalue weighted by atomic mass is 10.4. The van der Waals surface area contributed by atoms with Crippen molar-refractivity contribution in [3.05, 3.63) is 28.2 Å². The number of rotatable bonds is 2. The van der Waals surface area contributed by atoms with Crippen LogP contribution in [0.4, 0.5) is 0 Å². The molecular weight excluding hydrogens is 243 g/mol. The van der Waals surface area contributed by atoms with Crippen molar-refractivity contribution in [3.63, 3.8) is 0 Å². The normalized spacial score (nSPS) is 10.9. The van der Waals surface area contributed by atoms with Gasteiger partial charge in [0.05, 0.1) is 14.9 Å². The quantitative estimate of drug-likeness (QED) is 0.754. The maximum Gasteiger partial charge on any atom is 0.191 e. The number of terminal acetylenes is 1. The van der Waals surface area contributed by atoms with E-state index in [2.05, 4.69) is 5.92 Å². The van der Waals surface area contributed by atoms with E-state index in [0.717, 1.165) is 0 Å². The maximum atomic E-state index is 11.5. The molecule has 0 saturated carbocycles. The van der Waals surface area contributed by atoms with E-state index in [-0.39, 0.29) is 20.7 Å². The average Bonchev–Trinajstić information content (AvgIpc) is 2.09. The Morgan fingerprint density at radius 2 is 2.00 bits per heavy atom. The first-order chi connectivity index (χ1) is 6.49. The number of sulfone groups is 1. The van der Waals surface area contributed by atoms with Crippen molar-refractivity contribution in [3.8, 4) is 12.3 Å². The molecule has 1 aromatic rings. The molecule has 14 heavy (non-hydrogen) atoms. The van der Waals surface area contributed by atoms with Crippen LogP contribution < -0.4 is 0 Å². The molecule has 5 heteroatoms. The van der Waals surface area contributed by atoms with Gasteiger partial charge in [0.1, 0.15) is 5.75 Å². The summed E-state index contributed by atoms with van der Waals surface area (Å²) in [5, 5.41) is 0.217. The van der Waals surface area contributed by atoms with Gasteiger partial charge >= 0.3 is 0 Å². The Labute approximate surface area is 92.8 Å². The summed E-state index contributed by atoms with van der Waals surface area (Å²) < 4.78 is 23.0. The molecule has 0 fully saturated rings. The lowest BCUT2D eigenvalue weighted by Crippen LogP contribution is -2.05. The van der Waals surface area contributed by atoms with Gasteiger partial charge in [-0.1, -0.05) is 35.2 Å². The molecule has 0 bridgehead atoms. The highest BCUT2D eigenvalue weighted by Gasteiger charge is 2.17. The van der Waals surface area contributed by atoms with Crippen LogP contribution in [-0.4, -0.2) is 14.2 Å². The highest BCUT2D eigenvalue weighted by Crippen LogP contribution is 2.29. The molecule has 0 heterocycles. The summed E-state index contributed by atoms with van der Waals surface area (Å²) in [6.07, 6.45) is 4.93. The van der Waals surface area contributed by atoms with Gasteiger partial charge in [-0.05, 0) is 12.1 Å². The third-order valence-corrected chi connectivity index (χ3v) is 4.01. The fourth-order valence-corrected chi connectivity index (χ4v) is 2.66. The van der Waals surface area contributed by atoms with Crippen LogP contribution in [0.25, 0.3) is 0 Å². The Hall–Kier alpha value is -0.690. The highest BCUT2D eigenvalue weighted by atomic mass is 35.5. The van der Waals surface area contributed by atoms with Crippen LogP contribution in [-0.2, 0) is 9.84 Å². The minimum absolute atomic E-state index is 0.0180. The van der Waals surface area contributed by atoms with Crippen molar-refractivity contribution in [2.75, 3.05) is 5.75 Å². The monoisotopic (exact) mass is 248 g/mol. The molecule has 0 aliphatic carbocycles. The fourth-order valence-electron chi connectivity index (χ4n) is 0.912. The van der Waals surface area contributed by atoms with Crippen molar-refractivity contribution in [2.24, 2.45) is 0 Å². The van der Waals surface area contributed by atoms with Gasteiger partial charge in [-0.3, -0.25) is 0 Å². The standard InChI is InChI=1S/C9H6Cl2O2S/c1-2-6-14(12,13)8-5-3-4-7(10)9(8)11/h1,3-5H,6H2. The average molecular weight is 249 g/mol. The van der Waals surface area contributed by atoms with Crippen LogP contribution >= 0.6 is 23.2 Å². The molecule has 0 N–H and O–H groups in total. The van der Waals surface area contributed by atoms with Crippen LogP contribution in [0.5, 0.6) is 0 Å². The SMILES string of the molecule is C#CCS(=O)(=O)c1cccc(Cl)c1Cl. The van der Waals surface area contributed by atoms with E-state index in [1.54, 1.807) is 0 Å². The molecule has 1 rings (SSSR count). The van der Waals surface area contributed by atoms with Crippen molar-refractivity contribution >= 4 is 33.0 Å². The van der Waals surface area contributed by atoms with Gasteiger partial charge < -0.3 is 0 Å². The Balaban J connectivity index is 3.35. The molecule has 0 aliphatic heterocycles. The summed E-state index contributed by atoms with van der Waals surface area (Å²) in [6, 6.07) is 4.40. The number of hydrogen-bond donors (Lipinski definition) is 0. The minimum atomic E-state index is -3.52. The lowest BCUT2D eigenvalue weighted by molar-refractivity contribution is 0.599. The van der Waals surface area contributed by atoms with E-state index in [9.17, 15) is 8.42 Å². The van der Waals surface area contributed by atoms with Crippen LogP contribution in [0.1, 0.15) is 0 Å². The Kier molecular flexibility index (Phi) is 3.43. The van der Waals surface area contributed by atoms with Crippen molar-refractivity contribution < 1.29 is 8.42 Å². The van der Waals surface area contributed by atoms with E-state index >= 15 is 0 Å². The van der Waals surface area contributed by atoms with Gasteiger partial charge in [0.15, 0.2) is 9.84 Å². The molecule has 0 aromatic heterocycles. The summed E-state index contributed by atoms with van der Waals surface area (Å²) >= 11 is 11.4.